The summed E-state index contributed by atoms with van der Waals surface area (Å²) in [4.78, 5) is 0. The Balaban J connectivity index is 2.33. The minimum absolute atomic E-state index is 0.281. The van der Waals surface area contributed by atoms with Crippen molar-refractivity contribution in [3.63, 3.8) is 0 Å². The quantitative estimate of drug-likeness (QED) is 0.820. The van der Waals surface area contributed by atoms with Gasteiger partial charge in [0.2, 0.25) is 0 Å². The van der Waals surface area contributed by atoms with E-state index in [4.69, 9.17) is 4.74 Å². The van der Waals surface area contributed by atoms with E-state index in [0.717, 1.165) is 23.2 Å². The molecule has 0 amide bonds. The van der Waals surface area contributed by atoms with E-state index in [1.165, 1.54) is 16.7 Å². The minimum Gasteiger partial charge on any atom is -0.496 e. The molecule has 2 rings (SSSR count). The Morgan fingerprint density at radius 1 is 1.19 bits per heavy atom. The maximum atomic E-state index is 5.48. The molecule has 2 aromatic rings. The number of halogens is 1. The highest BCUT2D eigenvalue weighted by atomic mass is 79.9. The van der Waals surface area contributed by atoms with Gasteiger partial charge in [-0.2, -0.15) is 0 Å². The molecular formula is C18H22BrNO. The van der Waals surface area contributed by atoms with Crippen molar-refractivity contribution in [1.29, 1.82) is 0 Å². The van der Waals surface area contributed by atoms with Gasteiger partial charge in [0.05, 0.1) is 7.11 Å². The predicted octanol–water partition coefficient (Wildman–Crippen LogP) is 4.66. The fourth-order valence-corrected chi connectivity index (χ4v) is 3.00. The minimum atomic E-state index is 0.281. The van der Waals surface area contributed by atoms with E-state index < -0.39 is 0 Å². The molecule has 112 valence electrons. The van der Waals surface area contributed by atoms with E-state index in [-0.39, 0.29) is 6.04 Å². The lowest BCUT2D eigenvalue weighted by molar-refractivity contribution is 0.405. The zero-order chi connectivity index (χ0) is 15.2. The number of ether oxygens (including phenoxy) is 1. The summed E-state index contributed by atoms with van der Waals surface area (Å²) in [6, 6.07) is 15.0. The van der Waals surface area contributed by atoms with Crippen molar-refractivity contribution in [1.82, 2.24) is 5.32 Å². The molecule has 0 saturated carbocycles. The summed E-state index contributed by atoms with van der Waals surface area (Å²) in [5.41, 5.74) is 3.86. The number of para-hydroxylation sites is 1. The smallest absolute Gasteiger partial charge is 0.122 e. The molecule has 0 aromatic heterocycles. The van der Waals surface area contributed by atoms with Crippen LogP contribution in [0.3, 0.4) is 0 Å². The molecule has 2 nitrogen and oxygen atoms in total. The maximum Gasteiger partial charge on any atom is 0.122 e. The zero-order valence-corrected chi connectivity index (χ0v) is 14.4. The largest absolute Gasteiger partial charge is 0.496 e. The van der Waals surface area contributed by atoms with E-state index in [0.29, 0.717) is 0 Å². The van der Waals surface area contributed by atoms with Gasteiger partial charge in [-0.1, -0.05) is 47.1 Å². The van der Waals surface area contributed by atoms with Crippen LogP contribution in [0.25, 0.3) is 0 Å². The summed E-state index contributed by atoms with van der Waals surface area (Å²) in [6.07, 6.45) is 0.912. The Morgan fingerprint density at radius 3 is 2.67 bits per heavy atom. The first kappa shape index (κ1) is 16.1. The Bertz CT molecular complexity index is 598. The van der Waals surface area contributed by atoms with Gasteiger partial charge in [0.1, 0.15) is 5.75 Å². The number of hydrogen-bond acceptors (Lipinski definition) is 2. The maximum absolute atomic E-state index is 5.48. The Kier molecular flexibility index (Phi) is 5.83. The van der Waals surface area contributed by atoms with Gasteiger partial charge in [-0.25, -0.2) is 0 Å². The average Bonchev–Trinajstić information content (AvgIpc) is 2.50. The third-order valence-electron chi connectivity index (χ3n) is 3.68. The van der Waals surface area contributed by atoms with E-state index in [1.807, 2.05) is 12.1 Å². The molecule has 2 aromatic carbocycles. The number of aryl methyl sites for hydroxylation is 1. The topological polar surface area (TPSA) is 21.3 Å². The van der Waals surface area contributed by atoms with Crippen molar-refractivity contribution in [3.8, 4) is 5.75 Å². The second-order valence-corrected chi connectivity index (χ2v) is 6.04. The lowest BCUT2D eigenvalue weighted by Gasteiger charge is -2.22. The van der Waals surface area contributed by atoms with Crippen molar-refractivity contribution in [2.75, 3.05) is 13.7 Å². The van der Waals surface area contributed by atoms with Gasteiger partial charge in [0.25, 0.3) is 0 Å². The number of nitrogens with one attached hydrogen (secondary N) is 1. The van der Waals surface area contributed by atoms with Gasteiger partial charge in [0, 0.05) is 10.5 Å². The van der Waals surface area contributed by atoms with Gasteiger partial charge < -0.3 is 10.1 Å². The summed E-state index contributed by atoms with van der Waals surface area (Å²) in [5, 5.41) is 3.59. The van der Waals surface area contributed by atoms with Gasteiger partial charge >= 0.3 is 0 Å². The van der Waals surface area contributed by atoms with Gasteiger partial charge in [0.15, 0.2) is 0 Å². The second-order valence-electron chi connectivity index (χ2n) is 5.13. The molecule has 0 spiro atoms. The highest BCUT2D eigenvalue weighted by molar-refractivity contribution is 9.10. The van der Waals surface area contributed by atoms with Crippen LogP contribution in [0.2, 0.25) is 0 Å². The first-order chi connectivity index (χ1) is 10.2. The number of hydrogen-bond donors (Lipinski definition) is 1. The van der Waals surface area contributed by atoms with E-state index in [1.54, 1.807) is 7.11 Å². The Hall–Kier alpha value is -1.32. The van der Waals surface area contributed by atoms with E-state index >= 15 is 0 Å². The molecule has 0 aliphatic carbocycles. The Morgan fingerprint density at radius 2 is 1.95 bits per heavy atom. The normalized spacial score (nSPS) is 12.2. The second kappa shape index (κ2) is 7.62. The molecule has 0 aliphatic heterocycles. The molecule has 0 aliphatic rings. The van der Waals surface area contributed by atoms with Crippen LogP contribution < -0.4 is 10.1 Å². The molecule has 0 saturated heterocycles. The summed E-state index contributed by atoms with van der Waals surface area (Å²) >= 11 is 3.58. The number of benzene rings is 2. The average molecular weight is 348 g/mol. The summed E-state index contributed by atoms with van der Waals surface area (Å²) in [6.45, 7) is 5.24. The molecule has 3 heteroatoms. The van der Waals surface area contributed by atoms with Crippen molar-refractivity contribution in [2.45, 2.75) is 26.3 Å². The summed E-state index contributed by atoms with van der Waals surface area (Å²) in [5.74, 6) is 0.952. The number of rotatable bonds is 6. The van der Waals surface area contributed by atoms with Crippen LogP contribution in [0.5, 0.6) is 5.75 Å². The molecule has 1 atom stereocenters. The van der Waals surface area contributed by atoms with Crippen LogP contribution in [0.1, 0.15) is 29.7 Å². The molecule has 0 radical (unpaired) electrons. The lowest BCUT2D eigenvalue weighted by atomic mass is 9.95. The van der Waals surface area contributed by atoms with Crippen LogP contribution in [-0.2, 0) is 6.42 Å². The third kappa shape index (κ3) is 4.08. The standard InChI is InChI=1S/C18H22BrNO/c1-4-20-17(16-12-15(19)10-9-13(16)2)11-14-7-5-6-8-18(14)21-3/h5-10,12,17,20H,4,11H2,1-3H3. The molecule has 1 unspecified atom stereocenters. The van der Waals surface area contributed by atoms with Crippen LogP contribution in [-0.4, -0.2) is 13.7 Å². The first-order valence-corrected chi connectivity index (χ1v) is 8.06. The molecule has 21 heavy (non-hydrogen) atoms. The van der Waals surface area contributed by atoms with Crippen molar-refractivity contribution < 1.29 is 4.74 Å². The summed E-state index contributed by atoms with van der Waals surface area (Å²) < 4.78 is 6.59. The van der Waals surface area contributed by atoms with E-state index in [9.17, 15) is 0 Å². The third-order valence-corrected chi connectivity index (χ3v) is 4.18. The van der Waals surface area contributed by atoms with Crippen LogP contribution >= 0.6 is 15.9 Å². The first-order valence-electron chi connectivity index (χ1n) is 7.27. The molecule has 0 fully saturated rings. The molecular weight excluding hydrogens is 326 g/mol. The lowest BCUT2D eigenvalue weighted by Crippen LogP contribution is -2.24. The van der Waals surface area contributed by atoms with Gasteiger partial charge in [-0.15, -0.1) is 0 Å². The van der Waals surface area contributed by atoms with Crippen LogP contribution in [0.15, 0.2) is 46.9 Å². The van der Waals surface area contributed by atoms with E-state index in [2.05, 4.69) is 65.4 Å². The van der Waals surface area contributed by atoms with Gasteiger partial charge in [-0.3, -0.25) is 0 Å². The fraction of sp³-hybridized carbons (Fsp3) is 0.333. The summed E-state index contributed by atoms with van der Waals surface area (Å²) in [7, 11) is 1.73. The zero-order valence-electron chi connectivity index (χ0n) is 12.8. The SMILES string of the molecule is CCNC(Cc1ccccc1OC)c1cc(Br)ccc1C. The van der Waals surface area contributed by atoms with Crippen molar-refractivity contribution >= 4 is 15.9 Å². The van der Waals surface area contributed by atoms with Crippen LogP contribution in [0, 0.1) is 6.92 Å². The van der Waals surface area contributed by atoms with Gasteiger partial charge in [-0.05, 0) is 54.8 Å². The highest BCUT2D eigenvalue weighted by Gasteiger charge is 2.16. The fourth-order valence-electron chi connectivity index (χ4n) is 2.62. The Labute approximate surface area is 135 Å². The van der Waals surface area contributed by atoms with Crippen molar-refractivity contribution in [3.05, 3.63) is 63.6 Å². The number of methoxy groups -OCH3 is 1. The van der Waals surface area contributed by atoms with Crippen LogP contribution in [0.4, 0.5) is 0 Å². The molecule has 1 N–H and O–H groups in total. The molecule has 0 heterocycles. The monoisotopic (exact) mass is 347 g/mol. The predicted molar refractivity (Wildman–Crippen MR) is 92.0 cm³/mol. The number of likely N-dealkylation sites (N-methyl/N-ethyl adjacent to an activating group) is 1. The molecule has 0 bridgehead atoms. The highest BCUT2D eigenvalue weighted by Crippen LogP contribution is 2.28. The van der Waals surface area contributed by atoms with Crippen molar-refractivity contribution in [2.24, 2.45) is 0 Å².